The molecule has 2 rings (SSSR count). The number of hydrogen-bond acceptors (Lipinski definition) is 2. The van der Waals surface area contributed by atoms with Gasteiger partial charge in [0.05, 0.1) is 5.92 Å². The highest BCUT2D eigenvalue weighted by Crippen LogP contribution is 2.29. The van der Waals surface area contributed by atoms with E-state index in [1.165, 1.54) is 0 Å². The van der Waals surface area contributed by atoms with Gasteiger partial charge in [-0.25, -0.2) is 0 Å². The van der Waals surface area contributed by atoms with Crippen molar-refractivity contribution in [2.75, 3.05) is 11.9 Å². The van der Waals surface area contributed by atoms with Crippen molar-refractivity contribution in [3.63, 3.8) is 0 Å². The topological polar surface area (TPSA) is 49.4 Å². The van der Waals surface area contributed by atoms with Gasteiger partial charge in [0.2, 0.25) is 11.8 Å². The molecule has 1 fully saturated rings. The number of hydrogen-bond donors (Lipinski definition) is 1. The van der Waals surface area contributed by atoms with E-state index >= 15 is 0 Å². The quantitative estimate of drug-likeness (QED) is 0.919. The Bertz CT molecular complexity index is 589. The number of anilines is 1. The molecule has 126 valence electrons. The molecule has 0 bridgehead atoms. The molecule has 1 aromatic carbocycles. The van der Waals surface area contributed by atoms with Crippen LogP contribution in [-0.4, -0.2) is 28.8 Å². The van der Waals surface area contributed by atoms with E-state index in [4.69, 9.17) is 0 Å². The number of para-hydroxylation sites is 1. The first-order valence-electron chi connectivity index (χ1n) is 8.44. The van der Waals surface area contributed by atoms with Gasteiger partial charge in [0.15, 0.2) is 0 Å². The van der Waals surface area contributed by atoms with Crippen molar-refractivity contribution in [1.82, 2.24) is 4.90 Å². The van der Waals surface area contributed by atoms with E-state index in [0.29, 0.717) is 18.9 Å². The van der Waals surface area contributed by atoms with Gasteiger partial charge in [0.1, 0.15) is 0 Å². The summed E-state index contributed by atoms with van der Waals surface area (Å²) < 4.78 is 0. The van der Waals surface area contributed by atoms with Crippen LogP contribution in [0, 0.1) is 5.92 Å². The predicted octanol–water partition coefficient (Wildman–Crippen LogP) is 3.79. The lowest BCUT2D eigenvalue weighted by atomic mass is 9.96. The van der Waals surface area contributed by atoms with E-state index in [-0.39, 0.29) is 23.3 Å². The van der Waals surface area contributed by atoms with E-state index in [1.54, 1.807) is 4.90 Å². The van der Waals surface area contributed by atoms with Crippen molar-refractivity contribution >= 4 is 17.5 Å². The van der Waals surface area contributed by atoms with Crippen LogP contribution in [0.5, 0.6) is 0 Å². The summed E-state index contributed by atoms with van der Waals surface area (Å²) in [6, 6.07) is 7.93. The van der Waals surface area contributed by atoms with E-state index in [0.717, 1.165) is 17.7 Å². The predicted molar refractivity (Wildman–Crippen MR) is 93.4 cm³/mol. The zero-order valence-corrected chi connectivity index (χ0v) is 14.8. The lowest BCUT2D eigenvalue weighted by Gasteiger charge is -2.32. The van der Waals surface area contributed by atoms with E-state index in [1.807, 2.05) is 39.0 Å². The molecule has 1 aliphatic heterocycles. The number of nitrogens with zero attached hydrogens (tertiary/aromatic N) is 1. The minimum Gasteiger partial charge on any atom is -0.337 e. The van der Waals surface area contributed by atoms with Gasteiger partial charge in [0.25, 0.3) is 0 Å². The highest BCUT2D eigenvalue weighted by atomic mass is 16.2. The molecular formula is C19H28N2O2. The Morgan fingerprint density at radius 2 is 2.00 bits per heavy atom. The summed E-state index contributed by atoms with van der Waals surface area (Å²) in [5, 5.41) is 3.04. The highest BCUT2D eigenvalue weighted by Gasteiger charge is 2.39. The minimum absolute atomic E-state index is 0.0548. The van der Waals surface area contributed by atoms with Crippen LogP contribution in [0.15, 0.2) is 24.3 Å². The van der Waals surface area contributed by atoms with Gasteiger partial charge in [-0.2, -0.15) is 0 Å². The van der Waals surface area contributed by atoms with Crippen LogP contribution < -0.4 is 5.32 Å². The Morgan fingerprint density at radius 3 is 2.57 bits per heavy atom. The number of nitrogens with one attached hydrogen (secondary N) is 1. The molecule has 1 aliphatic rings. The van der Waals surface area contributed by atoms with Gasteiger partial charge in [0, 0.05) is 24.2 Å². The zero-order chi connectivity index (χ0) is 17.2. The highest BCUT2D eigenvalue weighted by molar-refractivity contribution is 5.97. The molecule has 4 heteroatoms. The first-order chi connectivity index (χ1) is 10.7. The van der Waals surface area contributed by atoms with E-state index < -0.39 is 0 Å². The summed E-state index contributed by atoms with van der Waals surface area (Å²) >= 11 is 0. The molecule has 0 unspecified atom stereocenters. The number of benzene rings is 1. The Labute approximate surface area is 139 Å². The minimum atomic E-state index is -0.272. The van der Waals surface area contributed by atoms with Crippen molar-refractivity contribution in [3.8, 4) is 0 Å². The number of carbonyl (C=O) groups is 2. The lowest BCUT2D eigenvalue weighted by Crippen LogP contribution is -2.42. The van der Waals surface area contributed by atoms with Crippen molar-refractivity contribution in [3.05, 3.63) is 29.8 Å². The molecule has 2 atom stereocenters. The van der Waals surface area contributed by atoms with Crippen LogP contribution in [0.2, 0.25) is 0 Å². The average molecular weight is 316 g/mol. The summed E-state index contributed by atoms with van der Waals surface area (Å²) in [6.45, 7) is 10.8. The molecule has 0 spiro atoms. The van der Waals surface area contributed by atoms with Gasteiger partial charge in [-0.15, -0.1) is 0 Å². The molecule has 1 aromatic rings. The molecule has 4 nitrogen and oxygen atoms in total. The fourth-order valence-electron chi connectivity index (χ4n) is 3.03. The first-order valence-corrected chi connectivity index (χ1v) is 8.44. The van der Waals surface area contributed by atoms with Gasteiger partial charge >= 0.3 is 0 Å². The van der Waals surface area contributed by atoms with E-state index in [9.17, 15) is 9.59 Å². The summed E-state index contributed by atoms with van der Waals surface area (Å²) in [5.41, 5.74) is 1.79. The van der Waals surface area contributed by atoms with Crippen LogP contribution in [0.1, 0.15) is 58.9 Å². The molecule has 1 saturated heterocycles. The fraction of sp³-hybridized carbons (Fsp3) is 0.579. The molecule has 0 aliphatic carbocycles. The smallest absolute Gasteiger partial charge is 0.229 e. The standard InChI is InChI=1S/C19H28N2O2/c1-6-13(2)15-9-7-8-10-16(15)20-18(23)14-11-17(22)21(12-14)19(3,4)5/h7-10,13-14H,6,11-12H2,1-5H3,(H,20,23)/t13-,14-/m1/s1. The maximum atomic E-state index is 12.6. The number of rotatable bonds is 4. The Kier molecular flexibility index (Phi) is 5.12. The van der Waals surface area contributed by atoms with Crippen LogP contribution in [-0.2, 0) is 9.59 Å². The molecule has 2 amide bonds. The van der Waals surface area contributed by atoms with Gasteiger partial charge in [-0.1, -0.05) is 32.0 Å². The van der Waals surface area contributed by atoms with E-state index in [2.05, 4.69) is 25.2 Å². The number of carbonyl (C=O) groups excluding carboxylic acids is 2. The monoisotopic (exact) mass is 316 g/mol. The summed E-state index contributed by atoms with van der Waals surface area (Å²) in [6.07, 6.45) is 1.32. The summed E-state index contributed by atoms with van der Waals surface area (Å²) in [5.74, 6) is 0.128. The second-order valence-electron chi connectivity index (χ2n) is 7.46. The fourth-order valence-corrected chi connectivity index (χ4v) is 3.03. The number of likely N-dealkylation sites (tertiary alicyclic amines) is 1. The molecule has 0 aromatic heterocycles. The Balaban J connectivity index is 2.11. The van der Waals surface area contributed by atoms with Crippen molar-refractivity contribution in [2.24, 2.45) is 5.92 Å². The van der Waals surface area contributed by atoms with Crippen molar-refractivity contribution < 1.29 is 9.59 Å². The van der Waals surface area contributed by atoms with Crippen molar-refractivity contribution in [1.29, 1.82) is 0 Å². The van der Waals surface area contributed by atoms with Crippen LogP contribution >= 0.6 is 0 Å². The van der Waals surface area contributed by atoms with Crippen LogP contribution in [0.4, 0.5) is 5.69 Å². The van der Waals surface area contributed by atoms with Gasteiger partial charge < -0.3 is 10.2 Å². The van der Waals surface area contributed by atoms with Gasteiger partial charge in [-0.3, -0.25) is 9.59 Å². The maximum absolute atomic E-state index is 12.6. The Hall–Kier alpha value is -1.84. The molecular weight excluding hydrogens is 288 g/mol. The number of amides is 2. The summed E-state index contributed by atoms with van der Waals surface area (Å²) in [7, 11) is 0. The van der Waals surface area contributed by atoms with Crippen LogP contribution in [0.25, 0.3) is 0 Å². The zero-order valence-electron chi connectivity index (χ0n) is 14.8. The molecule has 1 heterocycles. The third-order valence-corrected chi connectivity index (χ3v) is 4.67. The largest absolute Gasteiger partial charge is 0.337 e. The first kappa shape index (κ1) is 17.5. The Morgan fingerprint density at radius 1 is 1.35 bits per heavy atom. The molecule has 0 radical (unpaired) electrons. The van der Waals surface area contributed by atoms with Crippen LogP contribution in [0.3, 0.4) is 0 Å². The average Bonchev–Trinajstić information content (AvgIpc) is 2.89. The second-order valence-corrected chi connectivity index (χ2v) is 7.46. The maximum Gasteiger partial charge on any atom is 0.229 e. The third kappa shape index (κ3) is 3.92. The summed E-state index contributed by atoms with van der Waals surface area (Å²) in [4.78, 5) is 26.6. The lowest BCUT2D eigenvalue weighted by molar-refractivity contribution is -0.131. The SMILES string of the molecule is CC[C@@H](C)c1ccccc1NC(=O)[C@@H]1CC(=O)N(C(C)(C)C)C1. The molecule has 23 heavy (non-hydrogen) atoms. The van der Waals surface area contributed by atoms with Gasteiger partial charge in [-0.05, 0) is 44.7 Å². The second kappa shape index (κ2) is 6.73. The van der Waals surface area contributed by atoms with Crippen molar-refractivity contribution in [2.45, 2.75) is 58.9 Å². The third-order valence-electron chi connectivity index (χ3n) is 4.67. The molecule has 1 N–H and O–H groups in total. The normalized spacial score (nSPS) is 19.8. The molecule has 0 saturated carbocycles.